The highest BCUT2D eigenvalue weighted by Gasteiger charge is 2.08. The van der Waals surface area contributed by atoms with Crippen LogP contribution in [0.2, 0.25) is 0 Å². The molecule has 0 amide bonds. The van der Waals surface area contributed by atoms with Gasteiger partial charge in [0, 0.05) is 12.3 Å². The van der Waals surface area contributed by atoms with E-state index in [4.69, 9.17) is 4.74 Å². The number of benzene rings is 1. The number of hydrogen-bond donors (Lipinski definition) is 0. The van der Waals surface area contributed by atoms with Gasteiger partial charge in [0.1, 0.15) is 5.75 Å². The van der Waals surface area contributed by atoms with Gasteiger partial charge < -0.3 is 9.47 Å². The van der Waals surface area contributed by atoms with Crippen LogP contribution >= 0.6 is 0 Å². The molecule has 4 heteroatoms. The van der Waals surface area contributed by atoms with Crippen molar-refractivity contribution < 1.29 is 14.3 Å². The van der Waals surface area contributed by atoms with Gasteiger partial charge in [-0.1, -0.05) is 26.0 Å². The van der Waals surface area contributed by atoms with E-state index in [1.165, 1.54) is 18.9 Å². The van der Waals surface area contributed by atoms with E-state index in [0.29, 0.717) is 17.4 Å². The van der Waals surface area contributed by atoms with Gasteiger partial charge >= 0.3 is 5.97 Å². The summed E-state index contributed by atoms with van der Waals surface area (Å²) in [5.41, 5.74) is 1.73. The Balaban J connectivity index is 2.06. The van der Waals surface area contributed by atoms with Gasteiger partial charge in [0.2, 0.25) is 5.88 Å². The molecule has 0 aliphatic heterocycles. The largest absolute Gasteiger partial charge is 0.465 e. The number of carbonyl (C=O) groups is 1. The minimum Gasteiger partial charge on any atom is -0.465 e. The van der Waals surface area contributed by atoms with Crippen molar-refractivity contribution in [2.75, 3.05) is 7.11 Å². The molecule has 1 aromatic heterocycles. The number of carbonyl (C=O) groups excluding carboxylic acids is 1. The Bertz CT molecular complexity index is 601. The molecule has 0 aliphatic rings. The van der Waals surface area contributed by atoms with Crippen molar-refractivity contribution in [3.63, 3.8) is 0 Å². The van der Waals surface area contributed by atoms with Crippen LogP contribution in [-0.2, 0) is 4.74 Å². The van der Waals surface area contributed by atoms with Crippen molar-refractivity contribution >= 4 is 5.97 Å². The van der Waals surface area contributed by atoms with E-state index >= 15 is 0 Å². The number of esters is 1. The smallest absolute Gasteiger partial charge is 0.339 e. The summed E-state index contributed by atoms with van der Waals surface area (Å²) < 4.78 is 10.3. The van der Waals surface area contributed by atoms with E-state index in [0.717, 1.165) is 18.6 Å². The van der Waals surface area contributed by atoms with Crippen molar-refractivity contribution in [1.82, 2.24) is 4.98 Å². The van der Waals surface area contributed by atoms with Crippen molar-refractivity contribution in [3.8, 4) is 11.6 Å². The number of nitrogens with zero attached hydrogens (tertiary/aromatic N) is 1. The molecular formula is C18H21NO3. The van der Waals surface area contributed by atoms with Crippen molar-refractivity contribution in [2.24, 2.45) is 0 Å². The molecule has 0 spiro atoms. The highest BCUT2D eigenvalue weighted by molar-refractivity contribution is 5.88. The van der Waals surface area contributed by atoms with Crippen LogP contribution in [-0.4, -0.2) is 18.1 Å². The second-order valence-corrected chi connectivity index (χ2v) is 5.06. The molecule has 22 heavy (non-hydrogen) atoms. The standard InChI is InChI=1S/C18H21NO3/c1-4-13(5-2)14-6-9-16(10-7-14)22-17-11-8-15(12-19-17)18(20)21-3/h6-13H,4-5H2,1-3H3. The zero-order chi connectivity index (χ0) is 15.9. The Labute approximate surface area is 131 Å². The highest BCUT2D eigenvalue weighted by atomic mass is 16.5. The van der Waals surface area contributed by atoms with E-state index in [2.05, 4.69) is 35.7 Å². The van der Waals surface area contributed by atoms with E-state index in [-0.39, 0.29) is 0 Å². The first kappa shape index (κ1) is 16.0. The van der Waals surface area contributed by atoms with Gasteiger partial charge in [-0.15, -0.1) is 0 Å². The lowest BCUT2D eigenvalue weighted by atomic mass is 9.94. The number of pyridine rings is 1. The molecule has 116 valence electrons. The third-order valence-electron chi connectivity index (χ3n) is 3.72. The van der Waals surface area contributed by atoms with Crippen molar-refractivity contribution in [3.05, 3.63) is 53.7 Å². The summed E-state index contributed by atoms with van der Waals surface area (Å²) in [5, 5.41) is 0. The van der Waals surface area contributed by atoms with Gasteiger partial charge in [-0.25, -0.2) is 9.78 Å². The van der Waals surface area contributed by atoms with Crippen LogP contribution in [0.15, 0.2) is 42.6 Å². The molecule has 0 radical (unpaired) electrons. The zero-order valence-corrected chi connectivity index (χ0v) is 13.2. The number of rotatable bonds is 6. The Morgan fingerprint density at radius 3 is 2.27 bits per heavy atom. The van der Waals surface area contributed by atoms with E-state index < -0.39 is 5.97 Å². The Kier molecular flexibility index (Phi) is 5.53. The molecule has 2 rings (SSSR count). The van der Waals surface area contributed by atoms with Gasteiger partial charge in [-0.05, 0) is 42.5 Å². The topological polar surface area (TPSA) is 48.4 Å². The fourth-order valence-electron chi connectivity index (χ4n) is 2.37. The van der Waals surface area contributed by atoms with Crippen LogP contribution in [0.5, 0.6) is 11.6 Å². The summed E-state index contributed by atoms with van der Waals surface area (Å²) in [6.45, 7) is 4.40. The Hall–Kier alpha value is -2.36. The molecule has 0 atom stereocenters. The number of aromatic nitrogens is 1. The van der Waals surface area contributed by atoms with Gasteiger partial charge in [-0.3, -0.25) is 0 Å². The lowest BCUT2D eigenvalue weighted by Gasteiger charge is -2.13. The maximum absolute atomic E-state index is 11.3. The van der Waals surface area contributed by atoms with Crippen LogP contribution in [0.3, 0.4) is 0 Å². The summed E-state index contributed by atoms with van der Waals surface area (Å²) in [7, 11) is 1.34. The van der Waals surface area contributed by atoms with Gasteiger partial charge in [-0.2, -0.15) is 0 Å². The first-order valence-corrected chi connectivity index (χ1v) is 7.50. The molecule has 0 bridgehead atoms. The van der Waals surface area contributed by atoms with E-state index in [9.17, 15) is 4.79 Å². The molecule has 1 heterocycles. The maximum atomic E-state index is 11.3. The second kappa shape index (κ2) is 7.59. The van der Waals surface area contributed by atoms with Gasteiger partial charge in [0.25, 0.3) is 0 Å². The molecule has 4 nitrogen and oxygen atoms in total. The average Bonchev–Trinajstić information content (AvgIpc) is 2.57. The highest BCUT2D eigenvalue weighted by Crippen LogP contribution is 2.26. The molecule has 0 saturated heterocycles. The fourth-order valence-corrected chi connectivity index (χ4v) is 2.37. The van der Waals surface area contributed by atoms with Crippen LogP contribution in [0.4, 0.5) is 0 Å². The molecule has 1 aromatic carbocycles. The summed E-state index contributed by atoms with van der Waals surface area (Å²) in [6, 6.07) is 11.4. The Morgan fingerprint density at radius 2 is 1.77 bits per heavy atom. The molecule has 0 unspecified atom stereocenters. The van der Waals surface area contributed by atoms with Gasteiger partial charge in [0.15, 0.2) is 0 Å². The lowest BCUT2D eigenvalue weighted by molar-refractivity contribution is 0.0600. The van der Waals surface area contributed by atoms with Crippen LogP contribution in [0.1, 0.15) is 48.5 Å². The molecule has 0 N–H and O–H groups in total. The number of hydrogen-bond acceptors (Lipinski definition) is 4. The minimum atomic E-state index is -0.409. The van der Waals surface area contributed by atoms with Gasteiger partial charge in [0.05, 0.1) is 12.7 Å². The van der Waals surface area contributed by atoms with Crippen LogP contribution in [0, 0.1) is 0 Å². The molecule has 0 aliphatic carbocycles. The zero-order valence-electron chi connectivity index (χ0n) is 13.2. The predicted molar refractivity (Wildman–Crippen MR) is 85.4 cm³/mol. The maximum Gasteiger partial charge on any atom is 0.339 e. The summed E-state index contributed by atoms with van der Waals surface area (Å²) in [6.07, 6.45) is 3.71. The number of methoxy groups -OCH3 is 1. The van der Waals surface area contributed by atoms with Crippen LogP contribution < -0.4 is 4.74 Å². The van der Waals surface area contributed by atoms with E-state index in [1.54, 1.807) is 12.1 Å². The summed E-state index contributed by atoms with van der Waals surface area (Å²) >= 11 is 0. The average molecular weight is 299 g/mol. The molecule has 0 fully saturated rings. The molecular weight excluding hydrogens is 278 g/mol. The second-order valence-electron chi connectivity index (χ2n) is 5.06. The normalized spacial score (nSPS) is 10.5. The van der Waals surface area contributed by atoms with Crippen molar-refractivity contribution in [1.29, 1.82) is 0 Å². The third-order valence-corrected chi connectivity index (χ3v) is 3.72. The monoisotopic (exact) mass is 299 g/mol. The first-order valence-electron chi connectivity index (χ1n) is 7.50. The Morgan fingerprint density at radius 1 is 1.09 bits per heavy atom. The van der Waals surface area contributed by atoms with E-state index in [1.807, 2.05) is 12.1 Å². The number of ether oxygens (including phenoxy) is 2. The lowest BCUT2D eigenvalue weighted by Crippen LogP contribution is -2.01. The van der Waals surface area contributed by atoms with Crippen LogP contribution in [0.25, 0.3) is 0 Å². The molecule has 2 aromatic rings. The SMILES string of the molecule is CCC(CC)c1ccc(Oc2ccc(C(=O)OC)cn2)cc1. The minimum absolute atomic E-state index is 0.402. The summed E-state index contributed by atoms with van der Waals surface area (Å²) in [4.78, 5) is 15.4. The first-order chi connectivity index (χ1) is 10.7. The quantitative estimate of drug-likeness (QED) is 0.733. The fraction of sp³-hybridized carbons (Fsp3) is 0.333. The predicted octanol–water partition coefficient (Wildman–Crippen LogP) is 4.56. The molecule has 0 saturated carbocycles. The summed E-state index contributed by atoms with van der Waals surface area (Å²) in [5.74, 6) is 1.36. The van der Waals surface area contributed by atoms with Crippen molar-refractivity contribution in [2.45, 2.75) is 32.6 Å². The third kappa shape index (κ3) is 3.85.